The number of aliphatic hydroxyl groups is 1. The summed E-state index contributed by atoms with van der Waals surface area (Å²) < 4.78 is 4.34. The number of halogens is 1. The van der Waals surface area contributed by atoms with Crippen LogP contribution in [0.15, 0.2) is 24.3 Å². The molecule has 1 N–H and O–H groups in total. The first-order valence-electron chi connectivity index (χ1n) is 3.27. The third-order valence-electron chi connectivity index (χ3n) is 1.26. The maximum Gasteiger partial charge on any atom is 0.340 e. The largest absolute Gasteiger partial charge is 0.435 e. The molecule has 0 fully saturated rings. The van der Waals surface area contributed by atoms with Gasteiger partial charge in [-0.15, -0.1) is 0 Å². The summed E-state index contributed by atoms with van der Waals surface area (Å²) in [5.41, 5.74) is 0.330. The van der Waals surface area contributed by atoms with E-state index in [1.165, 1.54) is 6.07 Å². The molecule has 0 aliphatic heterocycles. The molecular formula is C8H7ClO3. The van der Waals surface area contributed by atoms with Crippen LogP contribution in [0.4, 0.5) is 0 Å². The lowest BCUT2D eigenvalue weighted by Crippen LogP contribution is -2.05. The van der Waals surface area contributed by atoms with Gasteiger partial charge in [-0.25, -0.2) is 4.79 Å². The molecule has 1 rings (SSSR count). The molecule has 0 radical (unpaired) electrons. The topological polar surface area (TPSA) is 46.5 Å². The lowest BCUT2D eigenvalue weighted by atomic mass is 10.2. The smallest absolute Gasteiger partial charge is 0.340 e. The quantitative estimate of drug-likeness (QED) is 0.562. The fourth-order valence-electron chi connectivity index (χ4n) is 0.757. The van der Waals surface area contributed by atoms with Crippen molar-refractivity contribution >= 4 is 17.6 Å². The van der Waals surface area contributed by atoms with Gasteiger partial charge in [0.1, 0.15) is 0 Å². The molecule has 0 saturated carbocycles. The second kappa shape index (κ2) is 4.09. The minimum Gasteiger partial charge on any atom is -0.435 e. The minimum atomic E-state index is -0.620. The number of carbonyl (C=O) groups is 1. The molecule has 0 heterocycles. The Hall–Kier alpha value is -1.06. The van der Waals surface area contributed by atoms with E-state index in [2.05, 4.69) is 4.74 Å². The average Bonchev–Trinajstić information content (AvgIpc) is 2.05. The normalized spacial score (nSPS) is 9.50. The molecule has 4 heteroatoms. The number of hydrogen-bond donors (Lipinski definition) is 1. The van der Waals surface area contributed by atoms with Crippen molar-refractivity contribution in [2.75, 3.05) is 6.79 Å². The van der Waals surface area contributed by atoms with E-state index in [-0.39, 0.29) is 0 Å². The minimum absolute atomic E-state index is 0.330. The maximum atomic E-state index is 11.0. The van der Waals surface area contributed by atoms with Crippen LogP contribution in [0.25, 0.3) is 0 Å². The molecule has 0 aliphatic rings. The molecular weight excluding hydrogens is 180 g/mol. The molecule has 0 atom stereocenters. The molecule has 0 aromatic heterocycles. The van der Waals surface area contributed by atoms with Crippen LogP contribution < -0.4 is 0 Å². The SMILES string of the molecule is O=C(OCO)c1cccc(Cl)c1. The molecule has 1 aromatic carbocycles. The molecule has 3 nitrogen and oxygen atoms in total. The van der Waals surface area contributed by atoms with Crippen molar-refractivity contribution < 1.29 is 14.6 Å². The Morgan fingerprint density at radius 3 is 2.92 bits per heavy atom. The van der Waals surface area contributed by atoms with Crippen molar-refractivity contribution in [1.82, 2.24) is 0 Å². The van der Waals surface area contributed by atoms with Gasteiger partial charge in [-0.1, -0.05) is 17.7 Å². The number of rotatable bonds is 2. The van der Waals surface area contributed by atoms with Crippen LogP contribution in [0.3, 0.4) is 0 Å². The number of esters is 1. The van der Waals surface area contributed by atoms with Crippen molar-refractivity contribution in [1.29, 1.82) is 0 Å². The highest BCUT2D eigenvalue weighted by Gasteiger charge is 2.05. The molecule has 64 valence electrons. The monoisotopic (exact) mass is 186 g/mol. The van der Waals surface area contributed by atoms with Gasteiger partial charge in [0, 0.05) is 5.02 Å². The fourth-order valence-corrected chi connectivity index (χ4v) is 0.948. The second-order valence-electron chi connectivity index (χ2n) is 2.07. The standard InChI is InChI=1S/C8H7ClO3/c9-7-3-1-2-6(4-7)8(11)12-5-10/h1-4,10H,5H2. The van der Waals surface area contributed by atoms with Crippen LogP contribution in [0, 0.1) is 0 Å². The number of benzene rings is 1. The van der Waals surface area contributed by atoms with Crippen molar-refractivity contribution in [3.63, 3.8) is 0 Å². The van der Waals surface area contributed by atoms with Gasteiger partial charge in [0.2, 0.25) is 0 Å². The van der Waals surface area contributed by atoms with Crippen LogP contribution in [-0.4, -0.2) is 17.9 Å². The summed E-state index contributed by atoms with van der Waals surface area (Å²) in [5.74, 6) is -0.583. The summed E-state index contributed by atoms with van der Waals surface area (Å²) in [4.78, 5) is 11.0. The van der Waals surface area contributed by atoms with E-state index in [1.54, 1.807) is 18.2 Å². The molecule has 0 unspecified atom stereocenters. The Morgan fingerprint density at radius 2 is 2.33 bits per heavy atom. The van der Waals surface area contributed by atoms with Crippen LogP contribution in [0.2, 0.25) is 5.02 Å². The summed E-state index contributed by atoms with van der Waals surface area (Å²) >= 11 is 5.62. The molecule has 0 saturated heterocycles. The Bertz CT molecular complexity index is 285. The molecule has 0 aliphatic carbocycles. The first kappa shape index (κ1) is 9.03. The summed E-state index contributed by atoms with van der Waals surface area (Å²) in [5, 5.41) is 8.75. The molecule has 0 bridgehead atoms. The number of aliphatic hydroxyl groups excluding tert-OH is 1. The Morgan fingerprint density at radius 1 is 1.58 bits per heavy atom. The van der Waals surface area contributed by atoms with Crippen LogP contribution in [0.1, 0.15) is 10.4 Å². The van der Waals surface area contributed by atoms with Crippen molar-refractivity contribution in [2.24, 2.45) is 0 Å². The Labute approximate surface area is 74.5 Å². The lowest BCUT2D eigenvalue weighted by Gasteiger charge is -1.99. The molecule has 1 aromatic rings. The van der Waals surface area contributed by atoms with Gasteiger partial charge in [0.25, 0.3) is 0 Å². The highest BCUT2D eigenvalue weighted by molar-refractivity contribution is 6.30. The zero-order valence-corrected chi connectivity index (χ0v) is 6.91. The molecule has 12 heavy (non-hydrogen) atoms. The van der Waals surface area contributed by atoms with Crippen LogP contribution in [0.5, 0.6) is 0 Å². The number of ether oxygens (including phenoxy) is 1. The second-order valence-corrected chi connectivity index (χ2v) is 2.51. The van der Waals surface area contributed by atoms with Crippen molar-refractivity contribution in [3.8, 4) is 0 Å². The predicted octanol–water partition coefficient (Wildman–Crippen LogP) is 1.45. The lowest BCUT2D eigenvalue weighted by molar-refractivity contribution is 0.00684. The van der Waals surface area contributed by atoms with Crippen molar-refractivity contribution in [2.45, 2.75) is 0 Å². The first-order chi connectivity index (χ1) is 5.74. The molecule has 0 spiro atoms. The highest BCUT2D eigenvalue weighted by Crippen LogP contribution is 2.11. The van der Waals surface area contributed by atoms with Gasteiger partial charge in [-0.2, -0.15) is 0 Å². The summed E-state index contributed by atoms with van der Waals surface area (Å²) in [6.45, 7) is -0.620. The van der Waals surface area contributed by atoms with Crippen LogP contribution in [-0.2, 0) is 4.74 Å². The average molecular weight is 187 g/mol. The summed E-state index contributed by atoms with van der Waals surface area (Å²) in [6, 6.07) is 6.32. The Balaban J connectivity index is 2.81. The van der Waals surface area contributed by atoms with Gasteiger partial charge in [-0.3, -0.25) is 0 Å². The van der Waals surface area contributed by atoms with E-state index in [0.29, 0.717) is 10.6 Å². The van der Waals surface area contributed by atoms with Gasteiger partial charge in [-0.05, 0) is 18.2 Å². The van der Waals surface area contributed by atoms with Gasteiger partial charge in [0.15, 0.2) is 6.79 Å². The fraction of sp³-hybridized carbons (Fsp3) is 0.125. The Kier molecular flexibility index (Phi) is 3.08. The predicted molar refractivity (Wildman–Crippen MR) is 44.0 cm³/mol. The zero-order chi connectivity index (χ0) is 8.97. The third-order valence-corrected chi connectivity index (χ3v) is 1.49. The van der Waals surface area contributed by atoms with E-state index in [0.717, 1.165) is 0 Å². The number of carbonyl (C=O) groups excluding carboxylic acids is 1. The van der Waals surface area contributed by atoms with Crippen molar-refractivity contribution in [3.05, 3.63) is 34.9 Å². The van der Waals surface area contributed by atoms with Gasteiger partial charge >= 0.3 is 5.97 Å². The maximum absolute atomic E-state index is 11.0. The first-order valence-corrected chi connectivity index (χ1v) is 3.65. The van der Waals surface area contributed by atoms with Gasteiger partial charge in [0.05, 0.1) is 5.56 Å². The highest BCUT2D eigenvalue weighted by atomic mass is 35.5. The van der Waals surface area contributed by atoms with E-state index in [9.17, 15) is 4.79 Å². The van der Waals surface area contributed by atoms with Gasteiger partial charge < -0.3 is 9.84 Å². The van der Waals surface area contributed by atoms with E-state index in [1.807, 2.05) is 0 Å². The zero-order valence-electron chi connectivity index (χ0n) is 6.16. The van der Waals surface area contributed by atoms with E-state index < -0.39 is 12.8 Å². The molecule has 0 amide bonds. The van der Waals surface area contributed by atoms with Crippen LogP contribution >= 0.6 is 11.6 Å². The van der Waals surface area contributed by atoms with E-state index >= 15 is 0 Å². The third kappa shape index (κ3) is 2.22. The van der Waals surface area contributed by atoms with E-state index in [4.69, 9.17) is 16.7 Å². The number of hydrogen-bond acceptors (Lipinski definition) is 3. The summed E-state index contributed by atoms with van der Waals surface area (Å²) in [6.07, 6.45) is 0. The summed E-state index contributed by atoms with van der Waals surface area (Å²) in [7, 11) is 0.